The average molecular weight is 186 g/mol. The van der Waals surface area contributed by atoms with Crippen LogP contribution >= 0.6 is 0 Å². The summed E-state index contributed by atoms with van der Waals surface area (Å²) in [4.78, 5) is 6.62. The van der Waals surface area contributed by atoms with Crippen molar-refractivity contribution >= 4 is 11.6 Å². The Hall–Kier alpha value is -1.41. The number of nitrogens with zero attached hydrogens (tertiary/aromatic N) is 2. The molecule has 0 atom stereocenters. The molecule has 2 nitrogen and oxygen atoms in total. The van der Waals surface area contributed by atoms with E-state index in [-0.39, 0.29) is 0 Å². The van der Waals surface area contributed by atoms with E-state index >= 15 is 0 Å². The number of aromatic nitrogens is 1. The minimum atomic E-state index is 0.994. The van der Waals surface area contributed by atoms with Gasteiger partial charge in [0.25, 0.3) is 0 Å². The monoisotopic (exact) mass is 186 g/mol. The maximum Gasteiger partial charge on any atom is 0.0677 e. The van der Waals surface area contributed by atoms with Gasteiger partial charge in [0.05, 0.1) is 5.69 Å². The highest BCUT2D eigenvalue weighted by atomic mass is 15.1. The zero-order chi connectivity index (χ0) is 9.97. The number of hydrogen-bond acceptors (Lipinski definition) is 2. The molecule has 0 bridgehead atoms. The molecule has 0 aliphatic carbocycles. The number of rotatable bonds is 2. The zero-order valence-corrected chi connectivity index (χ0v) is 8.40. The lowest BCUT2D eigenvalue weighted by molar-refractivity contribution is 0.438. The molecule has 14 heavy (non-hydrogen) atoms. The van der Waals surface area contributed by atoms with E-state index in [1.54, 1.807) is 0 Å². The van der Waals surface area contributed by atoms with Gasteiger partial charge in [-0.15, -0.1) is 0 Å². The Labute approximate surface area is 84.6 Å². The van der Waals surface area contributed by atoms with E-state index in [2.05, 4.69) is 35.7 Å². The van der Waals surface area contributed by atoms with Crippen LogP contribution in [0.1, 0.15) is 11.3 Å². The summed E-state index contributed by atoms with van der Waals surface area (Å²) in [5, 5.41) is 0. The van der Waals surface area contributed by atoms with Crippen LogP contribution in [0.3, 0.4) is 0 Å². The quantitative estimate of drug-likeness (QED) is 0.702. The third-order valence-corrected chi connectivity index (χ3v) is 2.44. The molecule has 0 saturated carbocycles. The Morgan fingerprint density at radius 3 is 3.07 bits per heavy atom. The van der Waals surface area contributed by atoms with Crippen molar-refractivity contribution < 1.29 is 0 Å². The minimum Gasteiger partial charge on any atom is -0.298 e. The normalized spacial score (nSPS) is 16.8. The van der Waals surface area contributed by atoms with Gasteiger partial charge in [0.2, 0.25) is 0 Å². The summed E-state index contributed by atoms with van der Waals surface area (Å²) >= 11 is 0. The van der Waals surface area contributed by atoms with E-state index in [0.717, 1.165) is 24.3 Å². The van der Waals surface area contributed by atoms with Gasteiger partial charge in [0.15, 0.2) is 0 Å². The van der Waals surface area contributed by atoms with E-state index < -0.39 is 0 Å². The number of likely N-dealkylation sites (N-methyl/N-ethyl adjacent to an activating group) is 1. The number of hydrogen-bond donors (Lipinski definition) is 0. The van der Waals surface area contributed by atoms with Crippen molar-refractivity contribution in [2.75, 3.05) is 20.1 Å². The molecule has 0 radical (unpaired) electrons. The second-order valence-electron chi connectivity index (χ2n) is 3.60. The van der Waals surface area contributed by atoms with Crippen LogP contribution in [0.4, 0.5) is 0 Å². The van der Waals surface area contributed by atoms with Crippen LogP contribution in [-0.2, 0) is 0 Å². The number of pyridine rings is 1. The summed E-state index contributed by atoms with van der Waals surface area (Å²) in [5.74, 6) is 0. The van der Waals surface area contributed by atoms with E-state index in [9.17, 15) is 0 Å². The minimum absolute atomic E-state index is 0.994. The van der Waals surface area contributed by atoms with Crippen LogP contribution in [0.25, 0.3) is 11.6 Å². The van der Waals surface area contributed by atoms with E-state index in [1.807, 2.05) is 18.3 Å². The fourth-order valence-corrected chi connectivity index (χ4v) is 1.62. The van der Waals surface area contributed by atoms with Gasteiger partial charge in [-0.05, 0) is 30.3 Å². The predicted octanol–water partition coefficient (Wildman–Crippen LogP) is 2.05. The van der Waals surface area contributed by atoms with Crippen LogP contribution in [0.2, 0.25) is 0 Å². The molecule has 0 fully saturated rings. The fourth-order valence-electron chi connectivity index (χ4n) is 1.62. The predicted molar refractivity (Wildman–Crippen MR) is 59.8 cm³/mol. The van der Waals surface area contributed by atoms with Crippen molar-refractivity contribution in [2.24, 2.45) is 0 Å². The van der Waals surface area contributed by atoms with Crippen molar-refractivity contribution in [1.82, 2.24) is 9.88 Å². The fraction of sp³-hybridized carbons (Fsp3) is 0.250. The molecule has 72 valence electrons. The highest BCUT2D eigenvalue weighted by Crippen LogP contribution is 2.18. The Morgan fingerprint density at radius 2 is 2.43 bits per heavy atom. The van der Waals surface area contributed by atoms with Crippen LogP contribution < -0.4 is 0 Å². The molecule has 0 spiro atoms. The van der Waals surface area contributed by atoms with Gasteiger partial charge in [-0.1, -0.05) is 18.7 Å². The van der Waals surface area contributed by atoms with Gasteiger partial charge in [0, 0.05) is 19.3 Å². The van der Waals surface area contributed by atoms with Crippen molar-refractivity contribution in [3.63, 3.8) is 0 Å². The Balaban J connectivity index is 2.28. The first kappa shape index (κ1) is 9.16. The van der Waals surface area contributed by atoms with Gasteiger partial charge in [0.1, 0.15) is 0 Å². The SMILES string of the molecule is C=Cc1ccnc(C2=CCN(C)C2)c1. The molecule has 0 unspecified atom stereocenters. The Bertz CT molecular complexity index is 380. The molecule has 2 heteroatoms. The van der Waals surface area contributed by atoms with Crippen LogP contribution in [0.15, 0.2) is 31.0 Å². The van der Waals surface area contributed by atoms with Crippen molar-refractivity contribution in [2.45, 2.75) is 0 Å². The third-order valence-electron chi connectivity index (χ3n) is 2.44. The van der Waals surface area contributed by atoms with Gasteiger partial charge in [-0.2, -0.15) is 0 Å². The summed E-state index contributed by atoms with van der Waals surface area (Å²) in [6, 6.07) is 4.05. The summed E-state index contributed by atoms with van der Waals surface area (Å²) in [6.45, 7) is 5.77. The summed E-state index contributed by atoms with van der Waals surface area (Å²) in [6.07, 6.45) is 5.92. The van der Waals surface area contributed by atoms with Crippen molar-refractivity contribution in [1.29, 1.82) is 0 Å². The zero-order valence-electron chi connectivity index (χ0n) is 8.40. The molecule has 0 N–H and O–H groups in total. The first-order valence-corrected chi connectivity index (χ1v) is 4.76. The molecule has 0 saturated heterocycles. The average Bonchev–Trinajstić information content (AvgIpc) is 2.65. The second kappa shape index (κ2) is 3.76. The van der Waals surface area contributed by atoms with E-state index in [0.29, 0.717) is 0 Å². The molecular weight excluding hydrogens is 172 g/mol. The molecule has 1 aliphatic heterocycles. The third kappa shape index (κ3) is 1.75. The van der Waals surface area contributed by atoms with Gasteiger partial charge < -0.3 is 0 Å². The van der Waals surface area contributed by atoms with Gasteiger partial charge in [-0.25, -0.2) is 0 Å². The lowest BCUT2D eigenvalue weighted by atomic mass is 10.1. The highest BCUT2D eigenvalue weighted by molar-refractivity contribution is 5.68. The first-order valence-electron chi connectivity index (χ1n) is 4.76. The molecule has 1 aromatic rings. The van der Waals surface area contributed by atoms with Gasteiger partial charge in [-0.3, -0.25) is 9.88 Å². The molecule has 0 aromatic carbocycles. The van der Waals surface area contributed by atoms with Crippen molar-refractivity contribution in [3.8, 4) is 0 Å². The summed E-state index contributed by atoms with van der Waals surface area (Å²) < 4.78 is 0. The van der Waals surface area contributed by atoms with Crippen LogP contribution in [0.5, 0.6) is 0 Å². The maximum absolute atomic E-state index is 4.36. The summed E-state index contributed by atoms with van der Waals surface area (Å²) in [5.41, 5.74) is 3.52. The van der Waals surface area contributed by atoms with E-state index in [4.69, 9.17) is 0 Å². The van der Waals surface area contributed by atoms with E-state index in [1.165, 1.54) is 5.57 Å². The lowest BCUT2D eigenvalue weighted by Gasteiger charge is -2.07. The van der Waals surface area contributed by atoms with Crippen molar-refractivity contribution in [3.05, 3.63) is 42.2 Å². The lowest BCUT2D eigenvalue weighted by Crippen LogP contribution is -2.13. The molecule has 0 amide bonds. The Kier molecular flexibility index (Phi) is 2.46. The molecule has 2 heterocycles. The molecule has 1 aromatic heterocycles. The topological polar surface area (TPSA) is 16.1 Å². The molecular formula is C12H14N2. The smallest absolute Gasteiger partial charge is 0.0677 e. The van der Waals surface area contributed by atoms with Gasteiger partial charge >= 0.3 is 0 Å². The largest absolute Gasteiger partial charge is 0.298 e. The first-order chi connectivity index (χ1) is 6.79. The second-order valence-corrected chi connectivity index (χ2v) is 3.60. The van der Waals surface area contributed by atoms with Crippen LogP contribution in [-0.4, -0.2) is 30.0 Å². The standard InChI is InChI=1S/C12H14N2/c1-3-10-4-6-13-12(8-10)11-5-7-14(2)9-11/h3-6,8H,1,7,9H2,2H3. The Morgan fingerprint density at radius 1 is 1.57 bits per heavy atom. The molecule has 1 aliphatic rings. The highest BCUT2D eigenvalue weighted by Gasteiger charge is 2.12. The maximum atomic E-state index is 4.36. The van der Waals surface area contributed by atoms with Crippen LogP contribution in [0, 0.1) is 0 Å². The summed E-state index contributed by atoms with van der Waals surface area (Å²) in [7, 11) is 2.11. The molecule has 2 rings (SSSR count).